The molecule has 0 spiro atoms. The van der Waals surface area contributed by atoms with Crippen LogP contribution >= 0.6 is 0 Å². The Labute approximate surface area is 189 Å². The maximum absolute atomic E-state index is 13.2. The lowest BCUT2D eigenvalue weighted by molar-refractivity contribution is 0.000976. The van der Waals surface area contributed by atoms with E-state index in [4.69, 9.17) is 0 Å². The fourth-order valence-electron chi connectivity index (χ4n) is 5.33. The highest BCUT2D eigenvalue weighted by Gasteiger charge is 2.40. The van der Waals surface area contributed by atoms with Crippen LogP contribution in [0.1, 0.15) is 48.5 Å². The number of anilines is 1. The lowest BCUT2D eigenvalue weighted by Gasteiger charge is -2.50. The van der Waals surface area contributed by atoms with Crippen molar-refractivity contribution in [2.75, 3.05) is 25.0 Å². The van der Waals surface area contributed by atoms with Crippen LogP contribution in [-0.2, 0) is 6.42 Å². The average molecular weight is 438 g/mol. The zero-order chi connectivity index (χ0) is 22.5. The van der Waals surface area contributed by atoms with Crippen LogP contribution in [0, 0.1) is 17.7 Å². The van der Waals surface area contributed by atoms with Gasteiger partial charge in [-0.05, 0) is 80.7 Å². The number of hydrogen-bond acceptors (Lipinski definition) is 3. The third-order valence-corrected chi connectivity index (χ3v) is 6.86. The van der Waals surface area contributed by atoms with Crippen LogP contribution in [0.3, 0.4) is 0 Å². The highest BCUT2D eigenvalue weighted by atomic mass is 19.1. The zero-order valence-electron chi connectivity index (χ0n) is 18.6. The van der Waals surface area contributed by atoms with Gasteiger partial charge in [0.25, 0.3) is 0 Å². The molecule has 3 atom stereocenters. The minimum absolute atomic E-state index is 0.0254. The van der Waals surface area contributed by atoms with E-state index in [9.17, 15) is 14.0 Å². The van der Waals surface area contributed by atoms with Gasteiger partial charge in [0.1, 0.15) is 5.82 Å². The maximum Gasteiger partial charge on any atom is 0.319 e. The number of amides is 2. The fraction of sp³-hybridized carbons (Fsp3) is 0.462. The van der Waals surface area contributed by atoms with Gasteiger partial charge in [0.2, 0.25) is 0 Å². The Morgan fingerprint density at radius 1 is 1.12 bits per heavy atom. The number of rotatable bonds is 8. The predicted octanol–water partition coefficient (Wildman–Crippen LogP) is 4.88. The Balaban J connectivity index is 1.22. The van der Waals surface area contributed by atoms with Crippen molar-refractivity contribution in [3.8, 4) is 0 Å². The number of carbonyl (C=O) groups is 2. The van der Waals surface area contributed by atoms with Crippen molar-refractivity contribution in [2.24, 2.45) is 11.8 Å². The van der Waals surface area contributed by atoms with Crippen LogP contribution in [0.2, 0.25) is 0 Å². The molecule has 2 N–H and O–H groups in total. The molecule has 2 amide bonds. The van der Waals surface area contributed by atoms with E-state index in [1.807, 2.05) is 12.1 Å². The molecular formula is C26H32FN3O2. The number of hydrogen-bond donors (Lipinski definition) is 2. The molecule has 170 valence electrons. The Hall–Kier alpha value is -2.73. The molecule has 5 nitrogen and oxygen atoms in total. The van der Waals surface area contributed by atoms with Gasteiger partial charge in [-0.25, -0.2) is 9.18 Å². The molecule has 2 aromatic carbocycles. The molecule has 2 aromatic rings. The van der Waals surface area contributed by atoms with E-state index in [2.05, 4.69) is 15.5 Å². The van der Waals surface area contributed by atoms with Crippen LogP contribution in [-0.4, -0.2) is 42.4 Å². The smallest absolute Gasteiger partial charge is 0.319 e. The zero-order valence-corrected chi connectivity index (χ0v) is 18.6. The molecule has 1 aliphatic carbocycles. The molecule has 1 saturated carbocycles. The summed E-state index contributed by atoms with van der Waals surface area (Å²) >= 11 is 0. The van der Waals surface area contributed by atoms with E-state index in [1.54, 1.807) is 36.4 Å². The number of carbonyl (C=O) groups excluding carboxylic acids is 2. The molecule has 2 saturated heterocycles. The molecular weight excluding hydrogens is 405 g/mol. The van der Waals surface area contributed by atoms with Crippen molar-refractivity contribution in [3.63, 3.8) is 0 Å². The number of urea groups is 1. The Morgan fingerprint density at radius 3 is 2.69 bits per heavy atom. The first-order chi connectivity index (χ1) is 15.5. The summed E-state index contributed by atoms with van der Waals surface area (Å²) in [5.74, 6) is 1.17. The number of nitrogens with one attached hydrogen (secondary N) is 2. The van der Waals surface area contributed by atoms with Crippen LogP contribution in [0.15, 0.2) is 48.5 Å². The minimum atomic E-state index is -0.250. The lowest BCUT2D eigenvalue weighted by Crippen LogP contribution is -2.54. The second-order valence-corrected chi connectivity index (χ2v) is 9.20. The molecule has 0 aromatic heterocycles. The second-order valence-electron chi connectivity index (χ2n) is 9.20. The minimum Gasteiger partial charge on any atom is -0.338 e. The molecule has 2 heterocycles. The highest BCUT2D eigenvalue weighted by molar-refractivity contribution is 5.96. The van der Waals surface area contributed by atoms with Crippen LogP contribution < -0.4 is 10.6 Å². The van der Waals surface area contributed by atoms with E-state index in [1.165, 1.54) is 31.7 Å². The summed E-state index contributed by atoms with van der Waals surface area (Å²) in [6.45, 7) is 4.24. The van der Waals surface area contributed by atoms with Crippen molar-refractivity contribution in [2.45, 2.75) is 45.1 Å². The first-order valence-electron chi connectivity index (χ1n) is 11.6. The molecule has 2 bridgehead atoms. The largest absolute Gasteiger partial charge is 0.338 e. The van der Waals surface area contributed by atoms with Crippen LogP contribution in [0.5, 0.6) is 0 Å². The van der Waals surface area contributed by atoms with E-state index in [0.717, 1.165) is 31.8 Å². The number of halogens is 1. The van der Waals surface area contributed by atoms with Crippen molar-refractivity contribution >= 4 is 17.5 Å². The summed E-state index contributed by atoms with van der Waals surface area (Å²) in [7, 11) is 0. The molecule has 3 aliphatic rings. The first kappa shape index (κ1) is 22.5. The monoisotopic (exact) mass is 437 g/mol. The van der Waals surface area contributed by atoms with Gasteiger partial charge >= 0.3 is 6.03 Å². The number of fused-ring (bicyclic) bond motifs is 3. The Morgan fingerprint density at radius 2 is 1.94 bits per heavy atom. The van der Waals surface area contributed by atoms with E-state index in [0.29, 0.717) is 29.8 Å². The fourth-order valence-corrected chi connectivity index (χ4v) is 5.33. The van der Waals surface area contributed by atoms with Crippen molar-refractivity contribution in [1.82, 2.24) is 10.2 Å². The quantitative estimate of drug-likeness (QED) is 0.457. The SMILES string of the molecule is CC(=O)c1cccc(NC(=O)NCCCN2C[C@H]3CC[C@H]2[C@H](Cc2ccc(F)cc2)C3)c1. The first-order valence-corrected chi connectivity index (χ1v) is 11.6. The number of Topliss-reactive ketones (excluding diaryl/α,β-unsaturated/α-hetero) is 1. The lowest BCUT2D eigenvalue weighted by atomic mass is 9.70. The van der Waals surface area contributed by atoms with Gasteiger partial charge in [-0.1, -0.05) is 24.3 Å². The summed E-state index contributed by atoms with van der Waals surface area (Å²) in [6, 6.07) is 14.2. The van der Waals surface area contributed by atoms with Crippen LogP contribution in [0.4, 0.5) is 14.9 Å². The maximum atomic E-state index is 13.2. The predicted molar refractivity (Wildman–Crippen MR) is 124 cm³/mol. The standard InChI is InChI=1S/C26H32FN3O2/c1-18(31)21-4-2-5-24(16-21)29-26(32)28-12-3-13-30-17-20-8-11-25(30)22(15-20)14-19-6-9-23(27)10-7-19/h2,4-7,9-10,16,20,22,25H,3,8,11-15,17H2,1H3,(H2,28,29,32)/t20-,22+,25-/m0/s1. The molecule has 3 fully saturated rings. The third kappa shape index (κ3) is 5.74. The molecule has 2 aliphatic heterocycles. The summed E-state index contributed by atoms with van der Waals surface area (Å²) in [5.41, 5.74) is 2.42. The van der Waals surface area contributed by atoms with E-state index < -0.39 is 0 Å². The normalized spacial score (nSPS) is 22.5. The van der Waals surface area contributed by atoms with Crippen molar-refractivity contribution in [3.05, 3.63) is 65.5 Å². The van der Waals surface area contributed by atoms with Crippen molar-refractivity contribution in [1.29, 1.82) is 0 Å². The van der Waals surface area contributed by atoms with Crippen molar-refractivity contribution < 1.29 is 14.0 Å². The number of ketones is 1. The molecule has 6 heteroatoms. The van der Waals surface area contributed by atoms with Gasteiger partial charge < -0.3 is 10.6 Å². The molecule has 5 rings (SSSR count). The van der Waals surface area contributed by atoms with Gasteiger partial charge in [-0.3, -0.25) is 9.69 Å². The van der Waals surface area contributed by atoms with Gasteiger partial charge in [0, 0.05) is 36.9 Å². The van der Waals surface area contributed by atoms with Gasteiger partial charge in [0.05, 0.1) is 0 Å². The van der Waals surface area contributed by atoms with E-state index >= 15 is 0 Å². The third-order valence-electron chi connectivity index (χ3n) is 6.86. The molecule has 32 heavy (non-hydrogen) atoms. The highest BCUT2D eigenvalue weighted by Crippen LogP contribution is 2.40. The number of benzene rings is 2. The number of piperidine rings is 2. The Kier molecular flexibility index (Phi) is 7.20. The summed E-state index contributed by atoms with van der Waals surface area (Å²) in [4.78, 5) is 26.3. The van der Waals surface area contributed by atoms with Gasteiger partial charge in [-0.15, -0.1) is 0 Å². The van der Waals surface area contributed by atoms with E-state index in [-0.39, 0.29) is 17.6 Å². The molecule has 0 radical (unpaired) electrons. The average Bonchev–Trinajstić information content (AvgIpc) is 2.79. The molecule has 0 unspecified atom stereocenters. The van der Waals surface area contributed by atoms with Crippen LogP contribution in [0.25, 0.3) is 0 Å². The summed E-state index contributed by atoms with van der Waals surface area (Å²) in [5, 5.41) is 5.72. The Bertz CT molecular complexity index is 946. The summed E-state index contributed by atoms with van der Waals surface area (Å²) in [6.07, 6.45) is 5.71. The topological polar surface area (TPSA) is 61.4 Å². The second kappa shape index (κ2) is 10.3. The number of nitrogens with zero attached hydrogens (tertiary/aromatic N) is 1. The summed E-state index contributed by atoms with van der Waals surface area (Å²) < 4.78 is 13.2. The van der Waals surface area contributed by atoms with Gasteiger partial charge in [0.15, 0.2) is 5.78 Å². The van der Waals surface area contributed by atoms with Gasteiger partial charge in [-0.2, -0.15) is 0 Å².